The number of carbonyl (C=O) groups excluding carboxylic acids is 1. The molecular weight excluding hydrogens is 174 g/mol. The van der Waals surface area contributed by atoms with Crippen molar-refractivity contribution in [2.75, 3.05) is 13.3 Å². The second-order valence-electron chi connectivity index (χ2n) is 4.63. The fraction of sp³-hybridized carbons (Fsp3) is 0.900. The summed E-state index contributed by atoms with van der Waals surface area (Å²) in [5.74, 6) is 0.0344. The third-order valence-electron chi connectivity index (χ3n) is 4.39. The summed E-state index contributed by atoms with van der Waals surface area (Å²) < 4.78 is 25.8. The second-order valence-corrected chi connectivity index (χ2v) is 4.63. The quantitative estimate of drug-likeness (QED) is 0.649. The van der Waals surface area contributed by atoms with Crippen molar-refractivity contribution in [3.05, 3.63) is 0 Å². The molecule has 2 aliphatic rings. The van der Waals surface area contributed by atoms with Crippen LogP contribution in [-0.2, 0) is 4.79 Å². The van der Waals surface area contributed by atoms with E-state index in [1.54, 1.807) is 6.92 Å². The third-order valence-corrected chi connectivity index (χ3v) is 4.39. The highest BCUT2D eigenvalue weighted by atomic mass is 19.1. The molecule has 3 heteroatoms. The van der Waals surface area contributed by atoms with E-state index in [0.717, 1.165) is 6.42 Å². The van der Waals surface area contributed by atoms with Crippen LogP contribution in [-0.4, -0.2) is 19.1 Å². The number of halogens is 2. The van der Waals surface area contributed by atoms with Crippen molar-refractivity contribution in [2.24, 2.45) is 16.7 Å². The lowest BCUT2D eigenvalue weighted by Crippen LogP contribution is -2.41. The number of hydrogen-bond acceptors (Lipinski definition) is 1. The highest BCUT2D eigenvalue weighted by Gasteiger charge is 2.66. The van der Waals surface area contributed by atoms with Gasteiger partial charge < -0.3 is 0 Å². The van der Waals surface area contributed by atoms with Crippen molar-refractivity contribution < 1.29 is 13.6 Å². The van der Waals surface area contributed by atoms with Gasteiger partial charge in [-0.2, -0.15) is 0 Å². The van der Waals surface area contributed by atoms with Crippen LogP contribution in [0.1, 0.15) is 26.2 Å². The second kappa shape index (κ2) is 2.52. The molecule has 0 amide bonds. The van der Waals surface area contributed by atoms with E-state index >= 15 is 0 Å². The van der Waals surface area contributed by atoms with Crippen LogP contribution in [0.5, 0.6) is 0 Å². The number of Topliss-reactive ketones (excluding diaryl/α,β-unsaturated/α-hetero) is 1. The van der Waals surface area contributed by atoms with Gasteiger partial charge in [0.1, 0.15) is 12.5 Å². The van der Waals surface area contributed by atoms with Crippen molar-refractivity contribution >= 4 is 5.78 Å². The van der Waals surface area contributed by atoms with Crippen molar-refractivity contribution in [1.29, 1.82) is 0 Å². The number of fused-ring (bicyclic) bond motifs is 2. The van der Waals surface area contributed by atoms with Crippen molar-refractivity contribution in [1.82, 2.24) is 0 Å². The van der Waals surface area contributed by atoms with Gasteiger partial charge in [0.15, 0.2) is 0 Å². The Labute approximate surface area is 76.5 Å². The van der Waals surface area contributed by atoms with Crippen LogP contribution in [0.4, 0.5) is 8.78 Å². The van der Waals surface area contributed by atoms with Crippen LogP contribution < -0.4 is 0 Å². The fourth-order valence-corrected chi connectivity index (χ4v) is 3.15. The van der Waals surface area contributed by atoms with Gasteiger partial charge in [-0.05, 0) is 18.8 Å². The van der Waals surface area contributed by atoms with Gasteiger partial charge in [-0.3, -0.25) is 9.18 Å². The molecule has 0 aromatic carbocycles. The van der Waals surface area contributed by atoms with E-state index in [1.165, 1.54) is 0 Å². The molecule has 2 bridgehead atoms. The first-order valence-electron chi connectivity index (χ1n) is 4.76. The molecule has 13 heavy (non-hydrogen) atoms. The lowest BCUT2D eigenvalue weighted by atomic mass is 9.69. The molecule has 2 rings (SSSR count). The van der Waals surface area contributed by atoms with Gasteiger partial charge in [-0.25, -0.2) is 4.39 Å². The highest BCUT2D eigenvalue weighted by molar-refractivity contribution is 5.90. The molecule has 74 valence electrons. The Morgan fingerprint density at radius 2 is 2.15 bits per heavy atom. The van der Waals surface area contributed by atoms with Gasteiger partial charge in [0.05, 0.1) is 12.1 Å². The average Bonchev–Trinajstić information content (AvgIpc) is 2.53. The molecule has 2 saturated carbocycles. The highest BCUT2D eigenvalue weighted by Crippen LogP contribution is 2.64. The Morgan fingerprint density at radius 1 is 1.46 bits per heavy atom. The van der Waals surface area contributed by atoms with Gasteiger partial charge in [0.2, 0.25) is 0 Å². The Bertz CT molecular complexity index is 253. The zero-order chi connectivity index (χ0) is 9.69. The average molecular weight is 188 g/mol. The predicted octanol–water partition coefficient (Wildman–Crippen LogP) is 2.30. The van der Waals surface area contributed by atoms with E-state index in [4.69, 9.17) is 0 Å². The monoisotopic (exact) mass is 188 g/mol. The summed E-state index contributed by atoms with van der Waals surface area (Å²) in [4.78, 5) is 11.6. The number of ketones is 1. The van der Waals surface area contributed by atoms with Crippen molar-refractivity contribution in [2.45, 2.75) is 26.2 Å². The molecule has 0 saturated heterocycles. The zero-order valence-corrected chi connectivity index (χ0v) is 7.78. The first kappa shape index (κ1) is 9.10. The number of carbonyl (C=O) groups is 1. The van der Waals surface area contributed by atoms with Crippen LogP contribution in [0.15, 0.2) is 0 Å². The van der Waals surface area contributed by atoms with Gasteiger partial charge >= 0.3 is 0 Å². The molecule has 2 aliphatic carbocycles. The molecule has 0 aromatic heterocycles. The topological polar surface area (TPSA) is 17.1 Å². The first-order valence-corrected chi connectivity index (χ1v) is 4.76. The van der Waals surface area contributed by atoms with Gasteiger partial charge in [0.25, 0.3) is 0 Å². The first-order chi connectivity index (χ1) is 6.10. The Morgan fingerprint density at radius 3 is 2.54 bits per heavy atom. The minimum absolute atomic E-state index is 0.0496. The zero-order valence-electron chi connectivity index (χ0n) is 7.78. The lowest BCUT2D eigenvalue weighted by Gasteiger charge is -2.34. The van der Waals surface area contributed by atoms with Crippen LogP contribution in [0.2, 0.25) is 0 Å². The summed E-state index contributed by atoms with van der Waals surface area (Å²) in [5, 5.41) is 0. The Kier molecular flexibility index (Phi) is 1.76. The van der Waals surface area contributed by atoms with Gasteiger partial charge in [-0.1, -0.05) is 6.92 Å². The minimum atomic E-state index is -0.966. The molecule has 2 fully saturated rings. The number of alkyl halides is 2. The molecule has 0 N–H and O–H groups in total. The third kappa shape index (κ3) is 0.785. The van der Waals surface area contributed by atoms with E-state index in [-0.39, 0.29) is 11.7 Å². The lowest BCUT2D eigenvalue weighted by molar-refractivity contribution is -0.131. The van der Waals surface area contributed by atoms with Crippen LogP contribution in [0, 0.1) is 16.7 Å². The summed E-state index contributed by atoms with van der Waals surface area (Å²) >= 11 is 0. The van der Waals surface area contributed by atoms with E-state index in [1.807, 2.05) is 0 Å². The van der Waals surface area contributed by atoms with Gasteiger partial charge in [-0.15, -0.1) is 0 Å². The molecule has 3 atom stereocenters. The summed E-state index contributed by atoms with van der Waals surface area (Å²) in [6.45, 7) is 0.491. The molecule has 0 heterocycles. The maximum atomic E-state index is 12.9. The Balaban J connectivity index is 2.45. The molecule has 0 aliphatic heterocycles. The standard InChI is InChI=1S/C10H14F2O/c1-9(5-11)7-2-3-10(9,6-12)8(13)4-7/h7H,2-6H2,1H3/t7-,9+,10+/m0/s1. The molecule has 0 radical (unpaired) electrons. The van der Waals surface area contributed by atoms with Crippen LogP contribution in [0.25, 0.3) is 0 Å². The van der Waals surface area contributed by atoms with Crippen molar-refractivity contribution in [3.8, 4) is 0 Å². The van der Waals surface area contributed by atoms with E-state index in [9.17, 15) is 13.6 Å². The number of rotatable bonds is 2. The van der Waals surface area contributed by atoms with Crippen LogP contribution in [0.3, 0.4) is 0 Å². The summed E-state index contributed by atoms with van der Waals surface area (Å²) in [6, 6.07) is 0. The normalized spacial score (nSPS) is 48.8. The SMILES string of the molecule is C[C@@]1(CF)[C@H]2CC[C@@]1(CF)C(=O)C2. The molecular formula is C10H14F2O. The summed E-state index contributed by atoms with van der Waals surface area (Å²) in [7, 11) is 0. The fourth-order valence-electron chi connectivity index (χ4n) is 3.15. The molecule has 0 spiro atoms. The Hall–Kier alpha value is -0.470. The van der Waals surface area contributed by atoms with Crippen molar-refractivity contribution in [3.63, 3.8) is 0 Å². The molecule has 1 nitrogen and oxygen atoms in total. The van der Waals surface area contributed by atoms with Gasteiger partial charge in [0, 0.05) is 11.8 Å². The largest absolute Gasteiger partial charge is 0.299 e. The summed E-state index contributed by atoms with van der Waals surface area (Å²) in [6.07, 6.45) is 1.76. The molecule has 0 aromatic rings. The smallest absolute Gasteiger partial charge is 0.142 e. The molecule has 0 unspecified atom stereocenters. The predicted molar refractivity (Wildman–Crippen MR) is 44.8 cm³/mol. The maximum absolute atomic E-state index is 12.9. The maximum Gasteiger partial charge on any atom is 0.142 e. The van der Waals surface area contributed by atoms with E-state index in [0.29, 0.717) is 12.8 Å². The van der Waals surface area contributed by atoms with E-state index < -0.39 is 24.2 Å². The minimum Gasteiger partial charge on any atom is -0.299 e. The summed E-state index contributed by atoms with van der Waals surface area (Å²) in [5.41, 5.74) is -1.68. The van der Waals surface area contributed by atoms with E-state index in [2.05, 4.69) is 0 Å². The van der Waals surface area contributed by atoms with Crippen LogP contribution >= 0.6 is 0 Å². The number of hydrogen-bond donors (Lipinski definition) is 0.